The number of pyridine rings is 1. The SMILES string of the molecule is Cc1nc(NC(=O)C2NCCCC2C)ccc1Br. The van der Waals surface area contributed by atoms with Crippen molar-refractivity contribution in [1.29, 1.82) is 0 Å². The molecule has 98 valence electrons. The van der Waals surface area contributed by atoms with Gasteiger partial charge in [-0.25, -0.2) is 4.98 Å². The molecule has 2 atom stereocenters. The highest BCUT2D eigenvalue weighted by molar-refractivity contribution is 9.10. The molecule has 0 bridgehead atoms. The standard InChI is InChI=1S/C13H18BrN3O/c1-8-4-3-7-15-12(8)13(18)17-11-6-5-10(14)9(2)16-11/h5-6,8,12,15H,3-4,7H2,1-2H3,(H,16,17,18). The topological polar surface area (TPSA) is 54.0 Å². The molecule has 2 heterocycles. The van der Waals surface area contributed by atoms with Crippen LogP contribution in [0.3, 0.4) is 0 Å². The fraction of sp³-hybridized carbons (Fsp3) is 0.538. The van der Waals surface area contributed by atoms with E-state index in [0.29, 0.717) is 11.7 Å². The lowest BCUT2D eigenvalue weighted by Crippen LogP contribution is -2.48. The molecule has 0 spiro atoms. The molecule has 1 aliphatic heterocycles. The number of carbonyl (C=O) groups excluding carboxylic acids is 1. The number of amides is 1. The lowest BCUT2D eigenvalue weighted by atomic mass is 9.92. The van der Waals surface area contributed by atoms with Gasteiger partial charge in [0.25, 0.3) is 0 Å². The van der Waals surface area contributed by atoms with Gasteiger partial charge < -0.3 is 10.6 Å². The van der Waals surface area contributed by atoms with E-state index < -0.39 is 0 Å². The summed E-state index contributed by atoms with van der Waals surface area (Å²) >= 11 is 3.39. The Morgan fingerprint density at radius 3 is 3.00 bits per heavy atom. The first-order valence-corrected chi connectivity index (χ1v) is 7.04. The molecule has 1 saturated heterocycles. The van der Waals surface area contributed by atoms with Gasteiger partial charge in [0.2, 0.25) is 5.91 Å². The molecule has 0 aliphatic carbocycles. The Bertz CT molecular complexity index is 450. The molecule has 1 fully saturated rings. The first kappa shape index (κ1) is 13.5. The Morgan fingerprint density at radius 2 is 2.33 bits per heavy atom. The maximum Gasteiger partial charge on any atom is 0.242 e. The Hall–Kier alpha value is -0.940. The number of aryl methyl sites for hydroxylation is 1. The third-order valence-electron chi connectivity index (χ3n) is 3.32. The first-order chi connectivity index (χ1) is 8.58. The molecule has 1 amide bonds. The van der Waals surface area contributed by atoms with E-state index in [1.807, 2.05) is 19.1 Å². The normalized spacial score (nSPS) is 23.7. The maximum absolute atomic E-state index is 12.1. The van der Waals surface area contributed by atoms with Gasteiger partial charge in [0.15, 0.2) is 0 Å². The molecule has 1 aliphatic rings. The van der Waals surface area contributed by atoms with E-state index in [-0.39, 0.29) is 11.9 Å². The summed E-state index contributed by atoms with van der Waals surface area (Å²) in [7, 11) is 0. The number of carbonyl (C=O) groups is 1. The fourth-order valence-electron chi connectivity index (χ4n) is 2.22. The van der Waals surface area contributed by atoms with Crippen LogP contribution in [-0.2, 0) is 4.79 Å². The minimum Gasteiger partial charge on any atom is -0.309 e. The number of piperidine rings is 1. The zero-order valence-electron chi connectivity index (χ0n) is 10.7. The minimum atomic E-state index is -0.107. The van der Waals surface area contributed by atoms with E-state index in [2.05, 4.69) is 38.5 Å². The highest BCUT2D eigenvalue weighted by Gasteiger charge is 2.27. The highest BCUT2D eigenvalue weighted by Crippen LogP contribution is 2.19. The Labute approximate surface area is 116 Å². The van der Waals surface area contributed by atoms with Gasteiger partial charge in [-0.1, -0.05) is 6.92 Å². The van der Waals surface area contributed by atoms with Gasteiger partial charge in [-0.2, -0.15) is 0 Å². The van der Waals surface area contributed by atoms with Crippen molar-refractivity contribution in [2.75, 3.05) is 11.9 Å². The molecule has 4 nitrogen and oxygen atoms in total. The molecule has 2 rings (SSSR count). The van der Waals surface area contributed by atoms with Gasteiger partial charge in [0.1, 0.15) is 5.82 Å². The molecular weight excluding hydrogens is 294 g/mol. The second-order valence-corrected chi connectivity index (χ2v) is 5.66. The van der Waals surface area contributed by atoms with Crippen molar-refractivity contribution in [3.63, 3.8) is 0 Å². The summed E-state index contributed by atoms with van der Waals surface area (Å²) in [6.07, 6.45) is 2.23. The monoisotopic (exact) mass is 311 g/mol. The fourth-order valence-corrected chi connectivity index (χ4v) is 2.44. The Balaban J connectivity index is 2.04. The molecule has 1 aromatic heterocycles. The van der Waals surface area contributed by atoms with Gasteiger partial charge in [-0.05, 0) is 60.3 Å². The van der Waals surface area contributed by atoms with Gasteiger partial charge in [0, 0.05) is 4.47 Å². The van der Waals surface area contributed by atoms with Gasteiger partial charge >= 0.3 is 0 Å². The third kappa shape index (κ3) is 3.09. The van der Waals surface area contributed by atoms with Crippen LogP contribution in [0.1, 0.15) is 25.5 Å². The van der Waals surface area contributed by atoms with Crippen LogP contribution >= 0.6 is 15.9 Å². The van der Waals surface area contributed by atoms with E-state index >= 15 is 0 Å². The number of hydrogen-bond acceptors (Lipinski definition) is 3. The summed E-state index contributed by atoms with van der Waals surface area (Å²) in [4.78, 5) is 16.5. The largest absolute Gasteiger partial charge is 0.309 e. The smallest absolute Gasteiger partial charge is 0.242 e. The van der Waals surface area contributed by atoms with Crippen LogP contribution < -0.4 is 10.6 Å². The summed E-state index contributed by atoms with van der Waals surface area (Å²) in [5.74, 6) is 0.993. The van der Waals surface area contributed by atoms with Crippen molar-refractivity contribution >= 4 is 27.7 Å². The Kier molecular flexibility index (Phi) is 4.35. The number of anilines is 1. The maximum atomic E-state index is 12.1. The lowest BCUT2D eigenvalue weighted by molar-refractivity contribution is -0.119. The second kappa shape index (κ2) is 5.80. The molecule has 5 heteroatoms. The zero-order chi connectivity index (χ0) is 13.1. The van der Waals surface area contributed by atoms with Crippen molar-refractivity contribution in [3.8, 4) is 0 Å². The van der Waals surface area contributed by atoms with Crippen molar-refractivity contribution in [2.45, 2.75) is 32.7 Å². The molecule has 0 aromatic carbocycles. The van der Waals surface area contributed by atoms with E-state index in [1.54, 1.807) is 0 Å². The average Bonchev–Trinajstić information content (AvgIpc) is 2.34. The summed E-state index contributed by atoms with van der Waals surface area (Å²) in [5, 5.41) is 6.14. The number of hydrogen-bond donors (Lipinski definition) is 2. The number of nitrogens with zero attached hydrogens (tertiary/aromatic N) is 1. The van der Waals surface area contributed by atoms with Crippen molar-refractivity contribution in [2.24, 2.45) is 5.92 Å². The van der Waals surface area contributed by atoms with Crippen LogP contribution in [0.2, 0.25) is 0 Å². The van der Waals surface area contributed by atoms with E-state index in [4.69, 9.17) is 0 Å². The molecule has 18 heavy (non-hydrogen) atoms. The molecule has 1 aromatic rings. The van der Waals surface area contributed by atoms with E-state index in [1.165, 1.54) is 0 Å². The zero-order valence-corrected chi connectivity index (χ0v) is 12.3. The molecule has 2 unspecified atom stereocenters. The van der Waals surface area contributed by atoms with Gasteiger partial charge in [-0.3, -0.25) is 4.79 Å². The molecule has 0 radical (unpaired) electrons. The minimum absolute atomic E-state index is 0.0106. The number of rotatable bonds is 2. The number of halogens is 1. The van der Waals surface area contributed by atoms with Gasteiger partial charge in [-0.15, -0.1) is 0 Å². The van der Waals surface area contributed by atoms with Crippen LogP contribution in [0.25, 0.3) is 0 Å². The first-order valence-electron chi connectivity index (χ1n) is 6.25. The number of nitrogens with one attached hydrogen (secondary N) is 2. The van der Waals surface area contributed by atoms with Crippen LogP contribution in [0.4, 0.5) is 5.82 Å². The van der Waals surface area contributed by atoms with Crippen LogP contribution in [-0.4, -0.2) is 23.5 Å². The number of aromatic nitrogens is 1. The van der Waals surface area contributed by atoms with Gasteiger partial charge in [0.05, 0.1) is 11.7 Å². The third-order valence-corrected chi connectivity index (χ3v) is 4.16. The van der Waals surface area contributed by atoms with Crippen LogP contribution in [0.15, 0.2) is 16.6 Å². The van der Waals surface area contributed by atoms with E-state index in [0.717, 1.165) is 29.6 Å². The van der Waals surface area contributed by atoms with E-state index in [9.17, 15) is 4.79 Å². The summed E-state index contributed by atoms with van der Waals surface area (Å²) in [6.45, 7) is 4.92. The van der Waals surface area contributed by atoms with Crippen LogP contribution in [0.5, 0.6) is 0 Å². The average molecular weight is 312 g/mol. The summed E-state index contributed by atoms with van der Waals surface area (Å²) < 4.78 is 0.949. The predicted octanol–water partition coefficient (Wildman–Crippen LogP) is 2.48. The van der Waals surface area contributed by atoms with Crippen LogP contribution in [0, 0.1) is 12.8 Å². The lowest BCUT2D eigenvalue weighted by Gasteiger charge is -2.28. The second-order valence-electron chi connectivity index (χ2n) is 4.80. The molecule has 0 saturated carbocycles. The predicted molar refractivity (Wildman–Crippen MR) is 75.5 cm³/mol. The van der Waals surface area contributed by atoms with Crippen molar-refractivity contribution in [1.82, 2.24) is 10.3 Å². The van der Waals surface area contributed by atoms with Crippen molar-refractivity contribution in [3.05, 3.63) is 22.3 Å². The quantitative estimate of drug-likeness (QED) is 0.882. The van der Waals surface area contributed by atoms with Crippen molar-refractivity contribution < 1.29 is 4.79 Å². The summed E-state index contributed by atoms with van der Waals surface area (Å²) in [6, 6.07) is 3.60. The highest BCUT2D eigenvalue weighted by atomic mass is 79.9. The summed E-state index contributed by atoms with van der Waals surface area (Å²) in [5.41, 5.74) is 0.873. The molecular formula is C13H18BrN3O. The Morgan fingerprint density at radius 1 is 1.56 bits per heavy atom. The molecule has 2 N–H and O–H groups in total.